The smallest absolute Gasteiger partial charge is 0.416 e. The minimum Gasteiger partial charge on any atom is -0.438 e. The predicted octanol–water partition coefficient (Wildman–Crippen LogP) is 4.17. The summed E-state index contributed by atoms with van der Waals surface area (Å²) in [5, 5.41) is 0. The van der Waals surface area contributed by atoms with Crippen LogP contribution in [0.4, 0.5) is 13.2 Å². The van der Waals surface area contributed by atoms with E-state index in [0.717, 1.165) is 25.0 Å². The minimum atomic E-state index is -4.42. The van der Waals surface area contributed by atoms with Crippen LogP contribution in [0.25, 0.3) is 0 Å². The maximum atomic E-state index is 13.0. The van der Waals surface area contributed by atoms with Gasteiger partial charge in [-0.15, -0.1) is 0 Å². The van der Waals surface area contributed by atoms with Crippen molar-refractivity contribution < 1.29 is 27.1 Å². The molecule has 1 saturated carbocycles. The van der Waals surface area contributed by atoms with Crippen molar-refractivity contribution >= 4 is 5.91 Å². The third-order valence-corrected chi connectivity index (χ3v) is 5.03. The van der Waals surface area contributed by atoms with E-state index in [4.69, 9.17) is 9.15 Å². The number of rotatable bonds is 3. The number of hydrogen-bond acceptors (Lipinski definition) is 4. The standard InChI is InChI=1S/C19H19F3N2O3/c1-11-9-26-15(13-3-2-4-14(7-13)19(20,21)22)8-24(11)18(25)17-16(12-5-6-12)23-10-27-17/h2-4,7,10-12,15H,5-6,8-9H2,1H3. The van der Waals surface area contributed by atoms with Crippen molar-refractivity contribution in [2.75, 3.05) is 13.2 Å². The summed E-state index contributed by atoms with van der Waals surface area (Å²) in [6.07, 6.45) is -1.81. The van der Waals surface area contributed by atoms with E-state index >= 15 is 0 Å². The van der Waals surface area contributed by atoms with Gasteiger partial charge in [0.05, 0.1) is 30.5 Å². The second-order valence-electron chi connectivity index (χ2n) is 7.09. The van der Waals surface area contributed by atoms with E-state index < -0.39 is 17.8 Å². The molecule has 2 aromatic rings. The molecular weight excluding hydrogens is 361 g/mol. The molecule has 8 heteroatoms. The van der Waals surface area contributed by atoms with Gasteiger partial charge >= 0.3 is 6.18 Å². The first kappa shape index (κ1) is 18.0. The molecule has 2 atom stereocenters. The molecule has 0 radical (unpaired) electrons. The van der Waals surface area contributed by atoms with Gasteiger partial charge in [0, 0.05) is 5.92 Å². The number of alkyl halides is 3. The Kier molecular flexibility index (Phi) is 4.46. The van der Waals surface area contributed by atoms with Gasteiger partial charge in [0.1, 0.15) is 6.10 Å². The van der Waals surface area contributed by atoms with Crippen LogP contribution in [0.15, 0.2) is 35.1 Å². The van der Waals surface area contributed by atoms with Gasteiger partial charge in [-0.1, -0.05) is 12.1 Å². The number of hydrogen-bond donors (Lipinski definition) is 0. The molecule has 1 saturated heterocycles. The molecule has 1 aromatic heterocycles. The molecule has 2 fully saturated rings. The number of aromatic nitrogens is 1. The Labute approximate surface area is 154 Å². The fraction of sp³-hybridized carbons (Fsp3) is 0.474. The van der Waals surface area contributed by atoms with Crippen LogP contribution < -0.4 is 0 Å². The molecule has 1 aliphatic carbocycles. The Balaban J connectivity index is 1.56. The topological polar surface area (TPSA) is 55.6 Å². The number of halogens is 3. The van der Waals surface area contributed by atoms with E-state index in [1.807, 2.05) is 6.92 Å². The van der Waals surface area contributed by atoms with Crippen LogP contribution in [0.3, 0.4) is 0 Å². The van der Waals surface area contributed by atoms with E-state index in [9.17, 15) is 18.0 Å². The Morgan fingerprint density at radius 3 is 2.78 bits per heavy atom. The number of carbonyl (C=O) groups is 1. The number of amides is 1. The number of carbonyl (C=O) groups excluding carboxylic acids is 1. The lowest BCUT2D eigenvalue weighted by molar-refractivity contribution is -0.137. The van der Waals surface area contributed by atoms with Gasteiger partial charge in [0.2, 0.25) is 5.76 Å². The lowest BCUT2D eigenvalue weighted by Gasteiger charge is -2.38. The predicted molar refractivity (Wildman–Crippen MR) is 89.1 cm³/mol. The van der Waals surface area contributed by atoms with Crippen LogP contribution >= 0.6 is 0 Å². The second-order valence-corrected chi connectivity index (χ2v) is 7.09. The van der Waals surface area contributed by atoms with E-state index in [1.165, 1.54) is 12.5 Å². The molecule has 1 amide bonds. The molecular formula is C19H19F3N2O3. The molecule has 5 nitrogen and oxygen atoms in total. The van der Waals surface area contributed by atoms with Gasteiger partial charge in [-0.3, -0.25) is 4.79 Å². The van der Waals surface area contributed by atoms with Gasteiger partial charge < -0.3 is 14.1 Å². The molecule has 2 aliphatic rings. The van der Waals surface area contributed by atoms with Crippen LogP contribution in [0, 0.1) is 0 Å². The third-order valence-electron chi connectivity index (χ3n) is 5.03. The highest BCUT2D eigenvalue weighted by molar-refractivity contribution is 5.93. The van der Waals surface area contributed by atoms with Crippen molar-refractivity contribution in [3.8, 4) is 0 Å². The van der Waals surface area contributed by atoms with E-state index in [0.29, 0.717) is 11.3 Å². The van der Waals surface area contributed by atoms with Crippen LogP contribution in [0.5, 0.6) is 0 Å². The largest absolute Gasteiger partial charge is 0.438 e. The fourth-order valence-electron chi connectivity index (χ4n) is 3.35. The first-order valence-electron chi connectivity index (χ1n) is 8.87. The average Bonchev–Trinajstić information content (AvgIpc) is 3.37. The molecule has 1 aromatic carbocycles. The van der Waals surface area contributed by atoms with Gasteiger partial charge in [-0.25, -0.2) is 4.98 Å². The van der Waals surface area contributed by atoms with Crippen molar-refractivity contribution in [2.24, 2.45) is 0 Å². The summed E-state index contributed by atoms with van der Waals surface area (Å²) >= 11 is 0. The Bertz CT molecular complexity index is 845. The quantitative estimate of drug-likeness (QED) is 0.802. The summed E-state index contributed by atoms with van der Waals surface area (Å²) in [6.45, 7) is 2.24. The lowest BCUT2D eigenvalue weighted by Crippen LogP contribution is -2.48. The number of ether oxygens (including phenoxy) is 1. The number of benzene rings is 1. The van der Waals surface area contributed by atoms with Crippen molar-refractivity contribution in [1.29, 1.82) is 0 Å². The molecule has 1 aliphatic heterocycles. The van der Waals surface area contributed by atoms with Gasteiger partial charge in [0.15, 0.2) is 6.39 Å². The van der Waals surface area contributed by atoms with Crippen molar-refractivity contribution in [3.63, 3.8) is 0 Å². The molecule has 0 N–H and O–H groups in total. The summed E-state index contributed by atoms with van der Waals surface area (Å²) in [5.74, 6) is 0.203. The van der Waals surface area contributed by atoms with Gasteiger partial charge in [0.25, 0.3) is 5.91 Å². The molecule has 144 valence electrons. The van der Waals surface area contributed by atoms with E-state index in [1.54, 1.807) is 11.0 Å². The maximum Gasteiger partial charge on any atom is 0.416 e. The van der Waals surface area contributed by atoms with E-state index in [2.05, 4.69) is 4.98 Å². The number of morpholine rings is 1. The Hall–Kier alpha value is -2.35. The molecule has 4 rings (SSSR count). The number of nitrogens with zero attached hydrogens (tertiary/aromatic N) is 2. The SMILES string of the molecule is CC1COC(c2cccc(C(F)(F)F)c2)CN1C(=O)c1ocnc1C1CC1. The average molecular weight is 380 g/mol. The fourth-order valence-corrected chi connectivity index (χ4v) is 3.35. The zero-order valence-electron chi connectivity index (χ0n) is 14.7. The molecule has 2 unspecified atom stereocenters. The highest BCUT2D eigenvalue weighted by Crippen LogP contribution is 2.41. The monoisotopic (exact) mass is 380 g/mol. The van der Waals surface area contributed by atoms with Gasteiger partial charge in [-0.2, -0.15) is 13.2 Å². The maximum absolute atomic E-state index is 13.0. The Morgan fingerprint density at radius 2 is 2.07 bits per heavy atom. The van der Waals surface area contributed by atoms with Crippen LogP contribution in [0.1, 0.15) is 59.2 Å². The number of oxazole rings is 1. The summed E-state index contributed by atoms with van der Waals surface area (Å²) in [7, 11) is 0. The van der Waals surface area contributed by atoms with Crippen molar-refractivity contribution in [2.45, 2.75) is 44.0 Å². The zero-order chi connectivity index (χ0) is 19.2. The summed E-state index contributed by atoms with van der Waals surface area (Å²) in [4.78, 5) is 18.7. The normalized spacial score (nSPS) is 23.5. The molecule has 0 bridgehead atoms. The van der Waals surface area contributed by atoms with Crippen LogP contribution in [-0.4, -0.2) is 35.0 Å². The first-order valence-corrected chi connectivity index (χ1v) is 8.87. The summed E-state index contributed by atoms with van der Waals surface area (Å²) in [6, 6.07) is 4.83. The minimum absolute atomic E-state index is 0.159. The summed E-state index contributed by atoms with van der Waals surface area (Å²) in [5.41, 5.74) is 0.343. The van der Waals surface area contributed by atoms with Gasteiger partial charge in [-0.05, 0) is 37.5 Å². The zero-order valence-corrected chi connectivity index (χ0v) is 14.7. The molecule has 0 spiro atoms. The van der Waals surface area contributed by atoms with E-state index in [-0.39, 0.29) is 36.8 Å². The highest BCUT2D eigenvalue weighted by atomic mass is 19.4. The first-order chi connectivity index (χ1) is 12.8. The molecule has 27 heavy (non-hydrogen) atoms. The third kappa shape index (κ3) is 3.58. The second kappa shape index (κ2) is 6.67. The highest BCUT2D eigenvalue weighted by Gasteiger charge is 2.38. The van der Waals surface area contributed by atoms with Crippen molar-refractivity contribution in [3.05, 3.63) is 53.2 Å². The molecule has 2 heterocycles. The lowest BCUT2D eigenvalue weighted by atomic mass is 10.0. The Morgan fingerprint density at radius 1 is 1.30 bits per heavy atom. The summed E-state index contributed by atoms with van der Waals surface area (Å²) < 4.78 is 50.0. The van der Waals surface area contributed by atoms with Crippen LogP contribution in [0.2, 0.25) is 0 Å². The van der Waals surface area contributed by atoms with Crippen LogP contribution in [-0.2, 0) is 10.9 Å². The van der Waals surface area contributed by atoms with Crippen molar-refractivity contribution in [1.82, 2.24) is 9.88 Å².